The maximum absolute atomic E-state index is 5.66. The first-order valence-corrected chi connectivity index (χ1v) is 6.29. The van der Waals surface area contributed by atoms with Crippen LogP contribution in [0.25, 0.3) is 5.57 Å². The molecule has 0 atom stereocenters. The number of allylic oxidation sites excluding steroid dienone is 1. The fourth-order valence-electron chi connectivity index (χ4n) is 1.71. The Balaban J connectivity index is 2.19. The van der Waals surface area contributed by atoms with Gasteiger partial charge in [-0.3, -0.25) is 4.99 Å². The van der Waals surface area contributed by atoms with Gasteiger partial charge >= 0.3 is 0 Å². The van der Waals surface area contributed by atoms with E-state index in [2.05, 4.69) is 36.8 Å². The Kier molecular flexibility index (Phi) is 2.84. The number of aliphatic imine (C=N–C) groups is 1. The molecule has 2 heterocycles. The molecule has 0 saturated carbocycles. The molecule has 1 aromatic rings. The minimum Gasteiger partial charge on any atom is -0.375 e. The smallest absolute Gasteiger partial charge is 0.180 e. The van der Waals surface area contributed by atoms with Crippen molar-refractivity contribution < 1.29 is 0 Å². The predicted octanol–water partition coefficient (Wildman–Crippen LogP) is 3.00. The van der Waals surface area contributed by atoms with Crippen molar-refractivity contribution in [2.75, 3.05) is 12.3 Å². The molecule has 0 spiro atoms. The van der Waals surface area contributed by atoms with Crippen LogP contribution in [0, 0.1) is 5.41 Å². The van der Waals surface area contributed by atoms with Crippen molar-refractivity contribution in [3.8, 4) is 0 Å². The second kappa shape index (κ2) is 4.01. The first-order valence-electron chi connectivity index (χ1n) is 5.41. The van der Waals surface area contributed by atoms with E-state index in [0.717, 1.165) is 18.7 Å². The highest BCUT2D eigenvalue weighted by molar-refractivity contribution is 7.13. The van der Waals surface area contributed by atoms with Gasteiger partial charge in [-0.25, -0.2) is 4.98 Å². The standard InChI is InChI=1S/C12H17N3S/c1-12(2,3)10-6-8(4-5-14-10)9-7-16-11(13)15-9/h4,7H,5-6H2,1-3H3,(H2,13,15). The Bertz CT molecular complexity index is 449. The van der Waals surface area contributed by atoms with Crippen LogP contribution in [0.3, 0.4) is 0 Å². The van der Waals surface area contributed by atoms with Crippen molar-refractivity contribution in [3.05, 3.63) is 17.2 Å². The van der Waals surface area contributed by atoms with E-state index in [0.29, 0.717) is 5.13 Å². The van der Waals surface area contributed by atoms with Crippen molar-refractivity contribution in [1.82, 2.24) is 4.98 Å². The van der Waals surface area contributed by atoms with E-state index in [1.807, 2.05) is 5.38 Å². The van der Waals surface area contributed by atoms with E-state index in [1.54, 1.807) is 0 Å². The quantitative estimate of drug-likeness (QED) is 0.813. The fraction of sp³-hybridized carbons (Fsp3) is 0.500. The molecule has 0 radical (unpaired) electrons. The SMILES string of the molecule is CC(C)(C)C1=NCC=C(c2csc(N)n2)C1. The molecule has 0 fully saturated rings. The minimum atomic E-state index is 0.140. The molecular formula is C12H17N3S. The lowest BCUT2D eigenvalue weighted by molar-refractivity contribution is 0.580. The zero-order valence-electron chi connectivity index (χ0n) is 9.95. The van der Waals surface area contributed by atoms with Crippen LogP contribution >= 0.6 is 11.3 Å². The molecule has 2 N–H and O–H groups in total. The molecule has 2 rings (SSSR count). The Morgan fingerprint density at radius 3 is 2.69 bits per heavy atom. The molecule has 86 valence electrons. The number of thiazole rings is 1. The van der Waals surface area contributed by atoms with Gasteiger partial charge in [0.2, 0.25) is 0 Å². The van der Waals surface area contributed by atoms with Gasteiger partial charge < -0.3 is 5.73 Å². The fourth-order valence-corrected chi connectivity index (χ4v) is 2.29. The van der Waals surface area contributed by atoms with Gasteiger partial charge in [0.1, 0.15) is 0 Å². The number of aromatic nitrogens is 1. The highest BCUT2D eigenvalue weighted by atomic mass is 32.1. The Morgan fingerprint density at radius 1 is 1.38 bits per heavy atom. The topological polar surface area (TPSA) is 51.3 Å². The first-order chi connectivity index (χ1) is 7.47. The second-order valence-electron chi connectivity index (χ2n) is 5.01. The first kappa shape index (κ1) is 11.3. The van der Waals surface area contributed by atoms with Crippen molar-refractivity contribution in [1.29, 1.82) is 0 Å². The Labute approximate surface area is 100 Å². The summed E-state index contributed by atoms with van der Waals surface area (Å²) in [6, 6.07) is 0. The lowest BCUT2D eigenvalue weighted by atomic mass is 9.84. The number of anilines is 1. The van der Waals surface area contributed by atoms with E-state index in [4.69, 9.17) is 5.73 Å². The van der Waals surface area contributed by atoms with E-state index in [1.165, 1.54) is 22.6 Å². The van der Waals surface area contributed by atoms with Crippen LogP contribution in [0.15, 0.2) is 16.4 Å². The summed E-state index contributed by atoms with van der Waals surface area (Å²) in [6.07, 6.45) is 3.04. The molecule has 4 heteroatoms. The third-order valence-corrected chi connectivity index (χ3v) is 3.37. The molecule has 0 amide bonds. The number of hydrogen-bond donors (Lipinski definition) is 1. The van der Waals surface area contributed by atoms with Crippen molar-refractivity contribution in [3.63, 3.8) is 0 Å². The number of nitrogen functional groups attached to an aromatic ring is 1. The summed E-state index contributed by atoms with van der Waals surface area (Å²) in [7, 11) is 0. The molecule has 0 unspecified atom stereocenters. The number of hydrogen-bond acceptors (Lipinski definition) is 4. The normalized spacial score (nSPS) is 16.9. The monoisotopic (exact) mass is 235 g/mol. The average molecular weight is 235 g/mol. The molecule has 0 aromatic carbocycles. The van der Waals surface area contributed by atoms with Crippen molar-refractivity contribution in [2.24, 2.45) is 10.4 Å². The van der Waals surface area contributed by atoms with Gasteiger partial charge in [0.15, 0.2) is 5.13 Å². The van der Waals surface area contributed by atoms with Crippen LogP contribution < -0.4 is 5.73 Å². The van der Waals surface area contributed by atoms with Crippen molar-refractivity contribution in [2.45, 2.75) is 27.2 Å². The highest BCUT2D eigenvalue weighted by Gasteiger charge is 2.22. The summed E-state index contributed by atoms with van der Waals surface area (Å²) in [5, 5.41) is 2.66. The largest absolute Gasteiger partial charge is 0.375 e. The molecule has 0 aliphatic carbocycles. The predicted molar refractivity (Wildman–Crippen MR) is 70.9 cm³/mol. The van der Waals surface area contributed by atoms with Gasteiger partial charge in [-0.05, 0) is 5.57 Å². The van der Waals surface area contributed by atoms with E-state index < -0.39 is 0 Å². The summed E-state index contributed by atoms with van der Waals surface area (Å²) in [6.45, 7) is 7.36. The number of rotatable bonds is 1. The molecule has 1 aliphatic rings. The number of dihydropyridines is 1. The molecule has 0 saturated heterocycles. The van der Waals surface area contributed by atoms with Crippen LogP contribution in [0.5, 0.6) is 0 Å². The van der Waals surface area contributed by atoms with Crippen LogP contribution in [-0.4, -0.2) is 17.2 Å². The number of nitrogens with zero attached hydrogens (tertiary/aromatic N) is 2. The minimum absolute atomic E-state index is 0.140. The zero-order chi connectivity index (χ0) is 11.8. The average Bonchev–Trinajstić information content (AvgIpc) is 2.64. The summed E-state index contributed by atoms with van der Waals surface area (Å²) in [5.74, 6) is 0. The lowest BCUT2D eigenvalue weighted by Crippen LogP contribution is -2.23. The van der Waals surface area contributed by atoms with E-state index in [9.17, 15) is 0 Å². The van der Waals surface area contributed by atoms with Gasteiger partial charge in [0.05, 0.1) is 12.2 Å². The van der Waals surface area contributed by atoms with E-state index in [-0.39, 0.29) is 5.41 Å². The van der Waals surface area contributed by atoms with Gasteiger partial charge in [-0.1, -0.05) is 26.8 Å². The lowest BCUT2D eigenvalue weighted by Gasteiger charge is -2.24. The van der Waals surface area contributed by atoms with E-state index >= 15 is 0 Å². The van der Waals surface area contributed by atoms with Crippen LogP contribution in [0.1, 0.15) is 32.9 Å². The molecule has 0 bridgehead atoms. The molecular weight excluding hydrogens is 218 g/mol. The molecule has 1 aliphatic heterocycles. The summed E-state index contributed by atoms with van der Waals surface area (Å²) in [5.41, 5.74) is 9.31. The van der Waals surface area contributed by atoms with Crippen LogP contribution in [0.4, 0.5) is 5.13 Å². The molecule has 1 aromatic heterocycles. The third kappa shape index (κ3) is 2.32. The number of nitrogens with two attached hydrogens (primary N) is 1. The third-order valence-electron chi connectivity index (χ3n) is 2.69. The summed E-state index contributed by atoms with van der Waals surface area (Å²) in [4.78, 5) is 8.89. The van der Waals surface area contributed by atoms with Crippen molar-refractivity contribution >= 4 is 27.8 Å². The second-order valence-corrected chi connectivity index (χ2v) is 5.90. The van der Waals surface area contributed by atoms with Gasteiger partial charge in [-0.15, -0.1) is 11.3 Å². The van der Waals surface area contributed by atoms with Gasteiger partial charge in [0.25, 0.3) is 0 Å². The maximum Gasteiger partial charge on any atom is 0.180 e. The zero-order valence-corrected chi connectivity index (χ0v) is 10.8. The van der Waals surface area contributed by atoms with Crippen LogP contribution in [0.2, 0.25) is 0 Å². The van der Waals surface area contributed by atoms with Gasteiger partial charge in [-0.2, -0.15) is 0 Å². The maximum atomic E-state index is 5.66. The summed E-state index contributed by atoms with van der Waals surface area (Å²) < 4.78 is 0. The van der Waals surface area contributed by atoms with Gasteiger partial charge in [0, 0.05) is 22.9 Å². The Morgan fingerprint density at radius 2 is 2.12 bits per heavy atom. The molecule has 3 nitrogen and oxygen atoms in total. The van der Waals surface area contributed by atoms with Crippen LogP contribution in [-0.2, 0) is 0 Å². The Hall–Kier alpha value is -1.16. The molecule has 16 heavy (non-hydrogen) atoms. The highest BCUT2D eigenvalue weighted by Crippen LogP contribution is 2.30. The summed E-state index contributed by atoms with van der Waals surface area (Å²) >= 11 is 1.49.